The summed E-state index contributed by atoms with van der Waals surface area (Å²) in [7, 11) is 1.67. The number of rotatable bonds is 9. The third kappa shape index (κ3) is 4.38. The van der Waals surface area contributed by atoms with Crippen LogP contribution < -0.4 is 14.8 Å². The van der Waals surface area contributed by atoms with Crippen LogP contribution in [0.5, 0.6) is 11.5 Å². The van der Waals surface area contributed by atoms with Gasteiger partial charge in [0.2, 0.25) is 0 Å². The van der Waals surface area contributed by atoms with Gasteiger partial charge in [0.1, 0.15) is 23.6 Å². The number of fused-ring (bicyclic) bond motifs is 1. The number of benzene rings is 1. The van der Waals surface area contributed by atoms with Crippen LogP contribution in [0.15, 0.2) is 42.7 Å². The van der Waals surface area contributed by atoms with Crippen LogP contribution in [0, 0.1) is 6.92 Å². The molecule has 0 aliphatic carbocycles. The van der Waals surface area contributed by atoms with Gasteiger partial charge in [-0.1, -0.05) is 0 Å². The van der Waals surface area contributed by atoms with Crippen LogP contribution in [-0.4, -0.2) is 45.9 Å². The molecule has 1 aromatic carbocycles. The average molecular weight is 453 g/mol. The number of aromatic nitrogens is 3. The molecule has 0 bridgehead atoms. The summed E-state index contributed by atoms with van der Waals surface area (Å²) in [6, 6.07) is 11.8. The van der Waals surface area contributed by atoms with E-state index >= 15 is 0 Å². The van der Waals surface area contributed by atoms with Gasteiger partial charge in [0.05, 0.1) is 29.8 Å². The van der Waals surface area contributed by atoms with Gasteiger partial charge in [0.15, 0.2) is 4.88 Å². The van der Waals surface area contributed by atoms with Crippen molar-refractivity contribution in [1.82, 2.24) is 14.5 Å². The molecule has 32 heavy (non-hydrogen) atoms. The molecule has 0 amide bonds. The van der Waals surface area contributed by atoms with E-state index in [2.05, 4.69) is 38.9 Å². The number of aryl methyl sites for hydroxylation is 1. The number of ether oxygens (including phenoxy) is 2. The van der Waals surface area contributed by atoms with Crippen molar-refractivity contribution in [3.05, 3.63) is 53.3 Å². The molecule has 8 nitrogen and oxygen atoms in total. The van der Waals surface area contributed by atoms with E-state index in [4.69, 9.17) is 9.47 Å². The SMILES string of the molecule is CCOc1cc(-c2cc(NCCn3c(C)cc4ccc(OC)cc43)ncn2)sc1C(=O)O. The van der Waals surface area contributed by atoms with E-state index < -0.39 is 5.97 Å². The van der Waals surface area contributed by atoms with Crippen molar-refractivity contribution < 1.29 is 19.4 Å². The van der Waals surface area contributed by atoms with Gasteiger partial charge < -0.3 is 24.5 Å². The van der Waals surface area contributed by atoms with Crippen molar-refractivity contribution in [1.29, 1.82) is 0 Å². The number of aromatic carboxylic acids is 1. The standard InChI is InChI=1S/C23H24N4O4S/c1-4-31-19-12-20(32-22(19)23(28)29)17-11-21(26-13-25-17)24-7-8-27-14(2)9-15-5-6-16(30-3)10-18(15)27/h5-6,9-13H,4,7-8H2,1-3H3,(H,28,29)(H,24,25,26). The van der Waals surface area contributed by atoms with E-state index in [1.807, 2.05) is 25.1 Å². The number of nitrogens with zero attached hydrogens (tertiary/aromatic N) is 3. The molecule has 0 aliphatic rings. The molecule has 3 aromatic heterocycles. The van der Waals surface area contributed by atoms with Crippen LogP contribution in [0.3, 0.4) is 0 Å². The maximum absolute atomic E-state index is 11.5. The highest BCUT2D eigenvalue weighted by Crippen LogP contribution is 2.36. The zero-order chi connectivity index (χ0) is 22.7. The normalized spacial score (nSPS) is 11.0. The summed E-state index contributed by atoms with van der Waals surface area (Å²) in [4.78, 5) is 21.0. The summed E-state index contributed by atoms with van der Waals surface area (Å²) in [5, 5.41) is 13.9. The summed E-state index contributed by atoms with van der Waals surface area (Å²) in [5.74, 6) is 0.847. The average Bonchev–Trinajstić information content (AvgIpc) is 3.35. The first-order chi connectivity index (χ1) is 15.5. The largest absolute Gasteiger partial charge is 0.497 e. The summed E-state index contributed by atoms with van der Waals surface area (Å²) >= 11 is 1.14. The Morgan fingerprint density at radius 2 is 2.06 bits per heavy atom. The fourth-order valence-electron chi connectivity index (χ4n) is 3.59. The van der Waals surface area contributed by atoms with Gasteiger partial charge in [-0.2, -0.15) is 0 Å². The van der Waals surface area contributed by atoms with E-state index in [9.17, 15) is 9.90 Å². The second kappa shape index (κ2) is 9.27. The number of nitrogens with one attached hydrogen (secondary N) is 1. The zero-order valence-corrected chi connectivity index (χ0v) is 18.9. The molecule has 0 radical (unpaired) electrons. The van der Waals surface area contributed by atoms with Gasteiger partial charge in [-0.25, -0.2) is 14.8 Å². The van der Waals surface area contributed by atoms with Crippen molar-refractivity contribution in [2.45, 2.75) is 20.4 Å². The van der Waals surface area contributed by atoms with Crippen LogP contribution in [0.2, 0.25) is 0 Å². The molecule has 4 rings (SSSR count). The molecule has 9 heteroatoms. The Labute approximate surface area is 189 Å². The van der Waals surface area contributed by atoms with E-state index in [1.165, 1.54) is 17.4 Å². The third-order valence-corrected chi connectivity index (χ3v) is 6.20. The van der Waals surface area contributed by atoms with Gasteiger partial charge in [0, 0.05) is 42.4 Å². The van der Waals surface area contributed by atoms with Crippen molar-refractivity contribution in [3.63, 3.8) is 0 Å². The highest BCUT2D eigenvalue weighted by molar-refractivity contribution is 7.17. The molecule has 0 aliphatic heterocycles. The lowest BCUT2D eigenvalue weighted by Crippen LogP contribution is -2.12. The smallest absolute Gasteiger partial charge is 0.349 e. The fourth-order valence-corrected chi connectivity index (χ4v) is 4.50. The summed E-state index contributed by atoms with van der Waals surface area (Å²) in [6.07, 6.45) is 1.47. The third-order valence-electron chi connectivity index (χ3n) is 5.07. The number of carbonyl (C=O) groups is 1. The highest BCUT2D eigenvalue weighted by atomic mass is 32.1. The summed E-state index contributed by atoms with van der Waals surface area (Å²) in [5.41, 5.74) is 2.94. The molecular weight excluding hydrogens is 428 g/mol. The Balaban J connectivity index is 1.50. The number of hydrogen-bond acceptors (Lipinski definition) is 7. The van der Waals surface area contributed by atoms with E-state index in [1.54, 1.807) is 13.2 Å². The second-order valence-electron chi connectivity index (χ2n) is 7.12. The van der Waals surface area contributed by atoms with Crippen LogP contribution in [0.25, 0.3) is 21.5 Å². The molecule has 3 heterocycles. The van der Waals surface area contributed by atoms with Crippen molar-refractivity contribution >= 4 is 34.0 Å². The number of thiophene rings is 1. The van der Waals surface area contributed by atoms with Crippen molar-refractivity contribution in [2.75, 3.05) is 25.6 Å². The highest BCUT2D eigenvalue weighted by Gasteiger charge is 2.18. The Morgan fingerprint density at radius 3 is 2.81 bits per heavy atom. The number of anilines is 1. The Kier molecular flexibility index (Phi) is 6.27. The van der Waals surface area contributed by atoms with Crippen LogP contribution >= 0.6 is 11.3 Å². The van der Waals surface area contributed by atoms with Gasteiger partial charge >= 0.3 is 5.97 Å². The predicted molar refractivity (Wildman–Crippen MR) is 125 cm³/mol. The van der Waals surface area contributed by atoms with Crippen molar-refractivity contribution in [3.8, 4) is 22.1 Å². The maximum Gasteiger partial charge on any atom is 0.349 e. The topological polar surface area (TPSA) is 98.5 Å². The monoisotopic (exact) mass is 452 g/mol. The first-order valence-corrected chi connectivity index (χ1v) is 11.0. The van der Waals surface area contributed by atoms with Crippen LogP contribution in [0.4, 0.5) is 5.82 Å². The molecule has 0 fully saturated rings. The lowest BCUT2D eigenvalue weighted by Gasteiger charge is -2.11. The Hall–Kier alpha value is -3.59. The Bertz CT molecular complexity index is 1260. The fraction of sp³-hybridized carbons (Fsp3) is 0.261. The van der Waals surface area contributed by atoms with Gasteiger partial charge in [-0.3, -0.25) is 0 Å². The predicted octanol–water partition coefficient (Wildman–Crippen LogP) is 4.69. The van der Waals surface area contributed by atoms with E-state index in [0.29, 0.717) is 30.4 Å². The number of carboxylic acid groups (broad SMARTS) is 1. The van der Waals surface area contributed by atoms with Crippen LogP contribution in [-0.2, 0) is 6.54 Å². The molecule has 0 saturated heterocycles. The van der Waals surface area contributed by atoms with Crippen molar-refractivity contribution in [2.24, 2.45) is 0 Å². The molecule has 166 valence electrons. The number of methoxy groups -OCH3 is 1. The van der Waals surface area contributed by atoms with E-state index in [0.717, 1.165) is 34.0 Å². The van der Waals surface area contributed by atoms with Crippen LogP contribution in [0.1, 0.15) is 22.3 Å². The molecule has 0 saturated carbocycles. The lowest BCUT2D eigenvalue weighted by molar-refractivity contribution is 0.0698. The lowest BCUT2D eigenvalue weighted by atomic mass is 10.2. The Morgan fingerprint density at radius 1 is 1.22 bits per heavy atom. The first kappa shape index (κ1) is 21.6. The number of carboxylic acids is 1. The quantitative estimate of drug-likeness (QED) is 0.380. The maximum atomic E-state index is 11.5. The summed E-state index contributed by atoms with van der Waals surface area (Å²) in [6.45, 7) is 5.71. The van der Waals surface area contributed by atoms with E-state index in [-0.39, 0.29) is 4.88 Å². The van der Waals surface area contributed by atoms with Gasteiger partial charge in [-0.05, 0) is 32.0 Å². The first-order valence-electron chi connectivity index (χ1n) is 10.2. The molecule has 0 unspecified atom stereocenters. The minimum Gasteiger partial charge on any atom is -0.497 e. The van der Waals surface area contributed by atoms with Gasteiger partial charge in [0.25, 0.3) is 0 Å². The second-order valence-corrected chi connectivity index (χ2v) is 8.17. The minimum atomic E-state index is -1.01. The molecule has 4 aromatic rings. The van der Waals surface area contributed by atoms with Gasteiger partial charge in [-0.15, -0.1) is 11.3 Å². The number of hydrogen-bond donors (Lipinski definition) is 2. The zero-order valence-electron chi connectivity index (χ0n) is 18.1. The molecule has 0 spiro atoms. The molecule has 2 N–H and O–H groups in total. The molecule has 0 atom stereocenters. The minimum absolute atomic E-state index is 0.167. The molecular formula is C23H24N4O4S. The summed E-state index contributed by atoms with van der Waals surface area (Å²) < 4.78 is 13.1.